The number of nitrogens with one attached hydrogen (secondary N) is 2. The van der Waals surface area contributed by atoms with E-state index >= 15 is 0 Å². The highest BCUT2D eigenvalue weighted by molar-refractivity contribution is 5.95. The molecule has 4 heterocycles. The maximum absolute atomic E-state index is 14.5. The molecule has 27 heavy (non-hydrogen) atoms. The average Bonchev–Trinajstić information content (AvgIpc) is 3.38. The normalized spacial score (nSPS) is 14.8. The third kappa shape index (κ3) is 2.83. The Morgan fingerprint density at radius 1 is 1.07 bits per heavy atom. The van der Waals surface area contributed by atoms with Crippen molar-refractivity contribution in [3.8, 4) is 22.5 Å². The van der Waals surface area contributed by atoms with Gasteiger partial charge in [-0.25, -0.2) is 9.37 Å². The number of aromatic amines is 2. The first-order valence-corrected chi connectivity index (χ1v) is 8.76. The average molecular weight is 364 g/mol. The van der Waals surface area contributed by atoms with E-state index in [0.29, 0.717) is 30.0 Å². The molecule has 2 N–H and O–H groups in total. The third-order valence-corrected chi connectivity index (χ3v) is 4.78. The molecule has 0 atom stereocenters. The molecule has 5 rings (SSSR count). The summed E-state index contributed by atoms with van der Waals surface area (Å²) < 4.78 is 19.9. The van der Waals surface area contributed by atoms with Crippen molar-refractivity contribution in [2.75, 3.05) is 31.2 Å². The number of morpholine rings is 1. The maximum Gasteiger partial charge on any atom is 0.134 e. The molecule has 0 unspecified atom stereocenters. The molecular formula is C19H17FN6O. The molecule has 0 radical (unpaired) electrons. The molecule has 1 aromatic carbocycles. The van der Waals surface area contributed by atoms with Gasteiger partial charge in [0.05, 0.1) is 24.4 Å². The smallest absolute Gasteiger partial charge is 0.134 e. The van der Waals surface area contributed by atoms with Crippen LogP contribution in [0.3, 0.4) is 0 Å². The molecule has 0 amide bonds. The topological polar surface area (TPSA) is 82.7 Å². The number of pyridine rings is 1. The quantitative estimate of drug-likeness (QED) is 0.584. The lowest BCUT2D eigenvalue weighted by Crippen LogP contribution is -2.36. The van der Waals surface area contributed by atoms with Crippen molar-refractivity contribution in [2.45, 2.75) is 0 Å². The fraction of sp³-hybridized carbons (Fsp3) is 0.211. The zero-order valence-corrected chi connectivity index (χ0v) is 14.4. The molecule has 136 valence electrons. The van der Waals surface area contributed by atoms with E-state index in [1.54, 1.807) is 24.5 Å². The second-order valence-electron chi connectivity index (χ2n) is 6.41. The minimum absolute atomic E-state index is 0.339. The molecule has 7 nitrogen and oxygen atoms in total. The largest absolute Gasteiger partial charge is 0.378 e. The standard InChI is InChI=1S/C19H17FN6O/c20-15-11-17-14(10-13(15)16-2-4-22-23-16)19(25-24-17)12-1-3-21-18(9-12)26-5-7-27-8-6-26/h1-4,9-11H,5-8H2,(H,22,23)(H,24,25). The van der Waals surface area contributed by atoms with Crippen LogP contribution >= 0.6 is 0 Å². The van der Waals surface area contributed by atoms with Crippen LogP contribution in [-0.4, -0.2) is 51.7 Å². The monoisotopic (exact) mass is 364 g/mol. The fourth-order valence-corrected chi connectivity index (χ4v) is 3.40. The lowest BCUT2D eigenvalue weighted by atomic mass is 10.0. The van der Waals surface area contributed by atoms with Gasteiger partial charge >= 0.3 is 0 Å². The van der Waals surface area contributed by atoms with Crippen LogP contribution in [0.25, 0.3) is 33.4 Å². The van der Waals surface area contributed by atoms with Gasteiger partial charge in [-0.05, 0) is 24.3 Å². The minimum atomic E-state index is -0.339. The number of nitrogens with zero attached hydrogens (tertiary/aromatic N) is 4. The lowest BCUT2D eigenvalue weighted by molar-refractivity contribution is 0.122. The lowest BCUT2D eigenvalue weighted by Gasteiger charge is -2.27. The summed E-state index contributed by atoms with van der Waals surface area (Å²) in [5, 5.41) is 15.0. The van der Waals surface area contributed by atoms with Crippen LogP contribution in [0.5, 0.6) is 0 Å². The Labute approximate surface area is 154 Å². The number of hydrogen-bond donors (Lipinski definition) is 2. The van der Waals surface area contributed by atoms with Gasteiger partial charge in [0, 0.05) is 48.1 Å². The van der Waals surface area contributed by atoms with Gasteiger partial charge in [-0.2, -0.15) is 10.2 Å². The van der Waals surface area contributed by atoms with E-state index < -0.39 is 0 Å². The molecule has 8 heteroatoms. The Morgan fingerprint density at radius 2 is 1.96 bits per heavy atom. The van der Waals surface area contributed by atoms with Gasteiger partial charge in [0.15, 0.2) is 0 Å². The number of ether oxygens (including phenoxy) is 1. The van der Waals surface area contributed by atoms with Crippen molar-refractivity contribution in [2.24, 2.45) is 0 Å². The highest BCUT2D eigenvalue weighted by Gasteiger charge is 2.17. The molecular weight excluding hydrogens is 347 g/mol. The first-order valence-electron chi connectivity index (χ1n) is 8.76. The number of anilines is 1. The molecule has 0 bridgehead atoms. The first kappa shape index (κ1) is 16.0. The van der Waals surface area contributed by atoms with E-state index in [2.05, 4.69) is 30.3 Å². The van der Waals surface area contributed by atoms with Gasteiger partial charge < -0.3 is 9.64 Å². The Kier molecular flexibility index (Phi) is 3.83. The highest BCUT2D eigenvalue weighted by Crippen LogP contribution is 2.32. The van der Waals surface area contributed by atoms with Crippen LogP contribution in [0.1, 0.15) is 0 Å². The number of hydrogen-bond acceptors (Lipinski definition) is 5. The third-order valence-electron chi connectivity index (χ3n) is 4.78. The van der Waals surface area contributed by atoms with Crippen molar-refractivity contribution >= 4 is 16.7 Å². The van der Waals surface area contributed by atoms with Gasteiger partial charge in [0.2, 0.25) is 0 Å². The molecule has 3 aromatic heterocycles. The summed E-state index contributed by atoms with van der Waals surface area (Å²) in [6, 6.07) is 8.91. The van der Waals surface area contributed by atoms with Crippen LogP contribution in [-0.2, 0) is 4.74 Å². The van der Waals surface area contributed by atoms with Crippen molar-refractivity contribution in [3.05, 3.63) is 48.5 Å². The fourth-order valence-electron chi connectivity index (χ4n) is 3.40. The summed E-state index contributed by atoms with van der Waals surface area (Å²) >= 11 is 0. The first-order chi connectivity index (χ1) is 13.3. The Morgan fingerprint density at radius 3 is 2.78 bits per heavy atom. The molecule has 0 spiro atoms. The summed E-state index contributed by atoms with van der Waals surface area (Å²) in [6.45, 7) is 3.02. The van der Waals surface area contributed by atoms with Gasteiger partial charge in [0.25, 0.3) is 0 Å². The van der Waals surface area contributed by atoms with E-state index in [9.17, 15) is 4.39 Å². The summed E-state index contributed by atoms with van der Waals surface area (Å²) in [4.78, 5) is 6.67. The van der Waals surface area contributed by atoms with Crippen molar-refractivity contribution in [1.29, 1.82) is 0 Å². The molecule has 1 aliphatic heterocycles. The van der Waals surface area contributed by atoms with Crippen LogP contribution < -0.4 is 4.90 Å². The van der Waals surface area contributed by atoms with Gasteiger partial charge in [-0.15, -0.1) is 0 Å². The molecule has 4 aromatic rings. The van der Waals surface area contributed by atoms with E-state index in [1.165, 1.54) is 6.07 Å². The Balaban J connectivity index is 1.60. The van der Waals surface area contributed by atoms with Crippen LogP contribution in [0, 0.1) is 5.82 Å². The minimum Gasteiger partial charge on any atom is -0.378 e. The molecule has 0 saturated carbocycles. The number of H-pyrrole nitrogens is 2. The predicted molar refractivity (Wildman–Crippen MR) is 99.9 cm³/mol. The van der Waals surface area contributed by atoms with E-state index in [-0.39, 0.29) is 5.82 Å². The number of benzene rings is 1. The summed E-state index contributed by atoms with van der Waals surface area (Å²) in [6.07, 6.45) is 3.45. The van der Waals surface area contributed by atoms with Crippen molar-refractivity contribution in [3.63, 3.8) is 0 Å². The van der Waals surface area contributed by atoms with Crippen molar-refractivity contribution < 1.29 is 9.13 Å². The van der Waals surface area contributed by atoms with Gasteiger partial charge in [0.1, 0.15) is 17.3 Å². The maximum atomic E-state index is 14.5. The van der Waals surface area contributed by atoms with Gasteiger partial charge in [-0.3, -0.25) is 10.2 Å². The zero-order chi connectivity index (χ0) is 18.2. The predicted octanol–water partition coefficient (Wildman–Crippen LogP) is 2.99. The molecule has 1 saturated heterocycles. The Hall–Kier alpha value is -3.26. The molecule has 1 aliphatic rings. The highest BCUT2D eigenvalue weighted by atomic mass is 19.1. The van der Waals surface area contributed by atoms with E-state index in [0.717, 1.165) is 35.6 Å². The van der Waals surface area contributed by atoms with Crippen LogP contribution in [0.4, 0.5) is 10.2 Å². The SMILES string of the molecule is Fc1cc2[nH]nc(-c3ccnc(N4CCOCC4)c3)c2cc1-c1cc[nH]n1. The van der Waals surface area contributed by atoms with E-state index in [4.69, 9.17) is 4.74 Å². The second kappa shape index (κ2) is 6.48. The zero-order valence-electron chi connectivity index (χ0n) is 14.4. The van der Waals surface area contributed by atoms with Crippen LogP contribution in [0.15, 0.2) is 42.7 Å². The summed E-state index contributed by atoms with van der Waals surface area (Å²) in [7, 11) is 0. The van der Waals surface area contributed by atoms with E-state index in [1.807, 2.05) is 12.1 Å². The van der Waals surface area contributed by atoms with Crippen LogP contribution in [0.2, 0.25) is 0 Å². The number of fused-ring (bicyclic) bond motifs is 1. The second-order valence-corrected chi connectivity index (χ2v) is 6.41. The number of aromatic nitrogens is 5. The Bertz CT molecular complexity index is 1080. The number of halogens is 1. The van der Waals surface area contributed by atoms with Gasteiger partial charge in [-0.1, -0.05) is 0 Å². The number of rotatable bonds is 3. The van der Waals surface area contributed by atoms with Crippen molar-refractivity contribution in [1.82, 2.24) is 25.4 Å². The molecule has 0 aliphatic carbocycles. The summed E-state index contributed by atoms with van der Waals surface area (Å²) in [5.74, 6) is 0.551. The summed E-state index contributed by atoms with van der Waals surface area (Å²) in [5.41, 5.74) is 3.33. The molecule has 1 fully saturated rings.